The van der Waals surface area contributed by atoms with Gasteiger partial charge in [0.1, 0.15) is 0 Å². The standard InChI is InChI=1S/C17H28N4O2.HI/c1-6-19-15(22)14-9-7-13(8-10-14)11-20-16(18-4)21-12-17(2,3)23-5;/h7-10H,6,11-12H2,1-5H3,(H,19,22)(H2,18,20,21);1H. The second-order valence-electron chi connectivity index (χ2n) is 5.80. The van der Waals surface area contributed by atoms with Crippen LogP contribution in [0.15, 0.2) is 29.3 Å². The molecule has 0 unspecified atom stereocenters. The van der Waals surface area contributed by atoms with Crippen molar-refractivity contribution >= 4 is 35.8 Å². The number of benzene rings is 1. The Hall–Kier alpha value is -1.35. The first kappa shape index (κ1) is 22.6. The third-order valence-electron chi connectivity index (χ3n) is 3.47. The topological polar surface area (TPSA) is 74.8 Å². The number of ether oxygens (including phenoxy) is 1. The van der Waals surface area contributed by atoms with E-state index in [0.717, 1.165) is 5.56 Å². The summed E-state index contributed by atoms with van der Waals surface area (Å²) in [6.07, 6.45) is 0. The van der Waals surface area contributed by atoms with Crippen LogP contribution in [0, 0.1) is 0 Å². The Balaban J connectivity index is 0.00000529. The van der Waals surface area contributed by atoms with Gasteiger partial charge < -0.3 is 20.7 Å². The van der Waals surface area contributed by atoms with Gasteiger partial charge in [-0.25, -0.2) is 0 Å². The highest BCUT2D eigenvalue weighted by Crippen LogP contribution is 2.05. The molecule has 1 aromatic carbocycles. The van der Waals surface area contributed by atoms with E-state index in [-0.39, 0.29) is 35.5 Å². The number of methoxy groups -OCH3 is 1. The number of halogens is 1. The Morgan fingerprint density at radius 2 is 1.79 bits per heavy atom. The highest BCUT2D eigenvalue weighted by Gasteiger charge is 2.16. The summed E-state index contributed by atoms with van der Waals surface area (Å²) >= 11 is 0. The molecule has 0 bridgehead atoms. The van der Waals surface area contributed by atoms with Gasteiger partial charge >= 0.3 is 0 Å². The van der Waals surface area contributed by atoms with E-state index in [0.29, 0.717) is 31.2 Å². The molecule has 0 spiro atoms. The normalized spacial score (nSPS) is 11.5. The molecule has 1 aromatic rings. The zero-order valence-corrected chi connectivity index (χ0v) is 17.4. The fourth-order valence-electron chi connectivity index (χ4n) is 1.81. The molecule has 0 saturated carbocycles. The van der Waals surface area contributed by atoms with Gasteiger partial charge in [-0.1, -0.05) is 12.1 Å². The number of aliphatic imine (C=N–C) groups is 1. The summed E-state index contributed by atoms with van der Waals surface area (Å²) in [5, 5.41) is 9.25. The molecule has 1 rings (SSSR count). The van der Waals surface area contributed by atoms with E-state index in [9.17, 15) is 4.79 Å². The van der Waals surface area contributed by atoms with Crippen LogP contribution in [0.3, 0.4) is 0 Å². The molecule has 3 N–H and O–H groups in total. The van der Waals surface area contributed by atoms with Gasteiger partial charge in [-0.3, -0.25) is 9.79 Å². The first-order chi connectivity index (χ1) is 10.9. The number of hydrogen-bond acceptors (Lipinski definition) is 3. The predicted octanol–water partition coefficient (Wildman–Crippen LogP) is 2.14. The van der Waals surface area contributed by atoms with Crippen molar-refractivity contribution in [1.82, 2.24) is 16.0 Å². The molecule has 0 aliphatic heterocycles. The van der Waals surface area contributed by atoms with Crippen molar-refractivity contribution in [3.63, 3.8) is 0 Å². The van der Waals surface area contributed by atoms with Crippen molar-refractivity contribution in [2.45, 2.75) is 32.9 Å². The molecule has 0 heterocycles. The summed E-state index contributed by atoms with van der Waals surface area (Å²) in [5.74, 6) is 0.661. The zero-order chi connectivity index (χ0) is 17.3. The maximum Gasteiger partial charge on any atom is 0.251 e. The van der Waals surface area contributed by atoms with Gasteiger partial charge in [-0.15, -0.1) is 24.0 Å². The Kier molecular flexibility index (Phi) is 10.6. The van der Waals surface area contributed by atoms with Gasteiger partial charge in [0.15, 0.2) is 5.96 Å². The van der Waals surface area contributed by atoms with Gasteiger partial charge in [0.25, 0.3) is 5.91 Å². The van der Waals surface area contributed by atoms with Crippen molar-refractivity contribution in [2.75, 3.05) is 27.2 Å². The summed E-state index contributed by atoms with van der Waals surface area (Å²) in [4.78, 5) is 15.9. The third-order valence-corrected chi connectivity index (χ3v) is 3.47. The molecule has 0 aliphatic carbocycles. The molecule has 1 amide bonds. The summed E-state index contributed by atoms with van der Waals surface area (Å²) in [7, 11) is 3.42. The monoisotopic (exact) mass is 448 g/mol. The first-order valence-corrected chi connectivity index (χ1v) is 7.78. The lowest BCUT2D eigenvalue weighted by atomic mass is 10.1. The fraction of sp³-hybridized carbons (Fsp3) is 0.529. The number of hydrogen-bond donors (Lipinski definition) is 3. The van der Waals surface area contributed by atoms with E-state index in [1.807, 2.05) is 45.0 Å². The number of carbonyl (C=O) groups excluding carboxylic acids is 1. The average molecular weight is 448 g/mol. The molecule has 0 fully saturated rings. The molecule has 0 aromatic heterocycles. The van der Waals surface area contributed by atoms with Crippen LogP contribution in [0.5, 0.6) is 0 Å². The number of nitrogens with zero attached hydrogens (tertiary/aromatic N) is 1. The Morgan fingerprint density at radius 3 is 2.29 bits per heavy atom. The van der Waals surface area contributed by atoms with Gasteiger partial charge in [-0.2, -0.15) is 0 Å². The summed E-state index contributed by atoms with van der Waals surface area (Å²) in [6.45, 7) is 7.82. The van der Waals surface area contributed by atoms with E-state index < -0.39 is 0 Å². The smallest absolute Gasteiger partial charge is 0.251 e. The van der Waals surface area contributed by atoms with Crippen molar-refractivity contribution in [3.8, 4) is 0 Å². The molecular formula is C17H29IN4O2. The zero-order valence-electron chi connectivity index (χ0n) is 15.1. The maximum absolute atomic E-state index is 11.7. The van der Waals surface area contributed by atoms with Gasteiger partial charge in [0.2, 0.25) is 0 Å². The molecule has 0 radical (unpaired) electrons. The first-order valence-electron chi connectivity index (χ1n) is 7.78. The average Bonchev–Trinajstić information content (AvgIpc) is 2.55. The van der Waals surface area contributed by atoms with Crippen LogP contribution in [0.25, 0.3) is 0 Å². The summed E-state index contributed by atoms with van der Waals surface area (Å²) < 4.78 is 5.37. The van der Waals surface area contributed by atoms with Crippen LogP contribution < -0.4 is 16.0 Å². The van der Waals surface area contributed by atoms with E-state index in [1.54, 1.807) is 14.2 Å². The molecule has 24 heavy (non-hydrogen) atoms. The van der Waals surface area contributed by atoms with Crippen LogP contribution >= 0.6 is 24.0 Å². The van der Waals surface area contributed by atoms with Crippen LogP contribution in [0.4, 0.5) is 0 Å². The van der Waals surface area contributed by atoms with Crippen molar-refractivity contribution in [3.05, 3.63) is 35.4 Å². The second-order valence-corrected chi connectivity index (χ2v) is 5.80. The number of guanidine groups is 1. The minimum atomic E-state index is -0.258. The minimum Gasteiger partial charge on any atom is -0.377 e. The lowest BCUT2D eigenvalue weighted by molar-refractivity contribution is 0.0268. The van der Waals surface area contributed by atoms with Crippen molar-refractivity contribution < 1.29 is 9.53 Å². The highest BCUT2D eigenvalue weighted by atomic mass is 127. The number of carbonyl (C=O) groups is 1. The van der Waals surface area contributed by atoms with Crippen molar-refractivity contribution in [1.29, 1.82) is 0 Å². The highest BCUT2D eigenvalue weighted by molar-refractivity contribution is 14.0. The predicted molar refractivity (Wildman–Crippen MR) is 109 cm³/mol. The lowest BCUT2D eigenvalue weighted by Gasteiger charge is -2.24. The molecule has 136 valence electrons. The van der Waals surface area contributed by atoms with Gasteiger partial charge in [-0.05, 0) is 38.5 Å². The van der Waals surface area contributed by atoms with E-state index in [2.05, 4.69) is 20.9 Å². The van der Waals surface area contributed by atoms with Crippen LogP contribution in [0.2, 0.25) is 0 Å². The molecular weight excluding hydrogens is 419 g/mol. The lowest BCUT2D eigenvalue weighted by Crippen LogP contribution is -2.45. The van der Waals surface area contributed by atoms with Crippen molar-refractivity contribution in [2.24, 2.45) is 4.99 Å². The summed E-state index contributed by atoms with van der Waals surface area (Å²) in [5.41, 5.74) is 1.48. The van der Waals surface area contributed by atoms with Gasteiger partial charge in [0, 0.05) is 39.4 Å². The minimum absolute atomic E-state index is 0. The Labute approximate surface area is 161 Å². The number of nitrogens with one attached hydrogen (secondary N) is 3. The van der Waals surface area contributed by atoms with E-state index in [4.69, 9.17) is 4.74 Å². The Morgan fingerprint density at radius 1 is 1.17 bits per heavy atom. The maximum atomic E-state index is 11.7. The molecule has 0 atom stereocenters. The molecule has 0 saturated heterocycles. The molecule has 6 nitrogen and oxygen atoms in total. The van der Waals surface area contributed by atoms with E-state index in [1.165, 1.54) is 0 Å². The Bertz CT molecular complexity index is 530. The summed E-state index contributed by atoms with van der Waals surface area (Å²) in [6, 6.07) is 7.52. The SMILES string of the molecule is CCNC(=O)c1ccc(CNC(=NC)NCC(C)(C)OC)cc1.I. The molecule has 7 heteroatoms. The van der Waals surface area contributed by atoms with Gasteiger partial charge in [0.05, 0.1) is 5.60 Å². The fourth-order valence-corrected chi connectivity index (χ4v) is 1.81. The number of rotatable bonds is 7. The van der Waals surface area contributed by atoms with Crippen LogP contribution in [-0.4, -0.2) is 44.7 Å². The van der Waals surface area contributed by atoms with Crippen LogP contribution in [-0.2, 0) is 11.3 Å². The number of amides is 1. The second kappa shape index (κ2) is 11.2. The third kappa shape index (κ3) is 7.96. The van der Waals surface area contributed by atoms with E-state index >= 15 is 0 Å². The molecule has 0 aliphatic rings. The largest absolute Gasteiger partial charge is 0.377 e. The van der Waals surface area contributed by atoms with Crippen LogP contribution in [0.1, 0.15) is 36.7 Å². The quantitative estimate of drug-likeness (QED) is 0.340.